The molecule has 2 aromatic carbocycles. The van der Waals surface area contributed by atoms with Crippen molar-refractivity contribution in [1.29, 1.82) is 0 Å². The standard InChI is InChI=1S/C18H14Cl2N2OS2/c1-11-10-24-18(21-11)25-16(12-5-3-2-4-6-12)17(23)22-15-8-13(19)7-14(20)9-15/h2-10,16H,1H3,(H,22,23)/t16-/m1/s1. The van der Waals surface area contributed by atoms with Gasteiger partial charge < -0.3 is 5.32 Å². The van der Waals surface area contributed by atoms with Gasteiger partial charge in [0.15, 0.2) is 4.34 Å². The van der Waals surface area contributed by atoms with Crippen LogP contribution >= 0.6 is 46.3 Å². The van der Waals surface area contributed by atoms with E-state index in [2.05, 4.69) is 10.3 Å². The van der Waals surface area contributed by atoms with Crippen LogP contribution in [0.3, 0.4) is 0 Å². The molecule has 3 aromatic rings. The van der Waals surface area contributed by atoms with Crippen LogP contribution in [0.15, 0.2) is 58.3 Å². The number of carbonyl (C=O) groups excluding carboxylic acids is 1. The molecule has 0 radical (unpaired) electrons. The van der Waals surface area contributed by atoms with E-state index in [0.717, 1.165) is 15.6 Å². The number of hydrogen-bond donors (Lipinski definition) is 1. The Hall–Kier alpha value is -1.53. The predicted molar refractivity (Wildman–Crippen MR) is 107 cm³/mol. The second kappa shape index (κ2) is 8.23. The molecule has 128 valence electrons. The fourth-order valence-electron chi connectivity index (χ4n) is 2.22. The van der Waals surface area contributed by atoms with Crippen LogP contribution < -0.4 is 5.32 Å². The summed E-state index contributed by atoms with van der Waals surface area (Å²) in [5.74, 6) is -0.151. The van der Waals surface area contributed by atoms with Crippen LogP contribution in [0.5, 0.6) is 0 Å². The molecule has 7 heteroatoms. The molecule has 0 aliphatic rings. The van der Waals surface area contributed by atoms with Crippen LogP contribution in [0.2, 0.25) is 10.0 Å². The third-order valence-corrected chi connectivity index (χ3v) is 6.07. The number of carbonyl (C=O) groups is 1. The summed E-state index contributed by atoms with van der Waals surface area (Å²) in [6, 6.07) is 14.6. The average molecular weight is 409 g/mol. The highest BCUT2D eigenvalue weighted by Crippen LogP contribution is 2.38. The molecule has 0 aliphatic heterocycles. The number of benzene rings is 2. The zero-order chi connectivity index (χ0) is 17.8. The number of hydrogen-bond acceptors (Lipinski definition) is 4. The molecule has 1 aromatic heterocycles. The molecule has 0 unspecified atom stereocenters. The Morgan fingerprint density at radius 2 is 1.84 bits per heavy atom. The highest BCUT2D eigenvalue weighted by molar-refractivity contribution is 8.01. The Balaban J connectivity index is 1.86. The lowest BCUT2D eigenvalue weighted by Crippen LogP contribution is -2.19. The molecular formula is C18H14Cl2N2OS2. The maximum atomic E-state index is 12.9. The number of aryl methyl sites for hydroxylation is 1. The van der Waals surface area contributed by atoms with E-state index in [1.807, 2.05) is 42.6 Å². The van der Waals surface area contributed by atoms with Crippen LogP contribution in [0.25, 0.3) is 0 Å². The van der Waals surface area contributed by atoms with Gasteiger partial charge in [-0.25, -0.2) is 4.98 Å². The average Bonchev–Trinajstić information content (AvgIpc) is 2.97. The van der Waals surface area contributed by atoms with Gasteiger partial charge in [-0.05, 0) is 30.7 Å². The van der Waals surface area contributed by atoms with Crippen LogP contribution in [0, 0.1) is 6.92 Å². The Morgan fingerprint density at radius 1 is 1.16 bits per heavy atom. The van der Waals surface area contributed by atoms with Crippen LogP contribution in [0.4, 0.5) is 5.69 Å². The van der Waals surface area contributed by atoms with E-state index in [1.165, 1.54) is 23.1 Å². The van der Waals surface area contributed by atoms with Gasteiger partial charge in [0, 0.05) is 26.8 Å². The Morgan fingerprint density at radius 3 is 2.44 bits per heavy atom. The van der Waals surface area contributed by atoms with Crippen molar-refractivity contribution >= 4 is 57.9 Å². The summed E-state index contributed by atoms with van der Waals surface area (Å²) in [7, 11) is 0. The minimum Gasteiger partial charge on any atom is -0.325 e. The number of aromatic nitrogens is 1. The normalized spacial score (nSPS) is 12.0. The minimum atomic E-state index is -0.426. The Kier molecular flexibility index (Phi) is 6.02. The van der Waals surface area contributed by atoms with Crippen molar-refractivity contribution in [3.63, 3.8) is 0 Å². The summed E-state index contributed by atoms with van der Waals surface area (Å²) in [5.41, 5.74) is 2.42. The SMILES string of the molecule is Cc1csc(S[C@@H](C(=O)Nc2cc(Cl)cc(Cl)c2)c2ccccc2)n1. The fourth-order valence-corrected chi connectivity index (χ4v) is 4.78. The van der Waals surface area contributed by atoms with Gasteiger partial charge in [0.1, 0.15) is 5.25 Å². The van der Waals surface area contributed by atoms with Crippen molar-refractivity contribution in [2.45, 2.75) is 16.5 Å². The molecule has 0 aliphatic carbocycles. The van der Waals surface area contributed by atoms with E-state index in [9.17, 15) is 4.79 Å². The molecule has 0 saturated carbocycles. The summed E-state index contributed by atoms with van der Waals surface area (Å²) < 4.78 is 0.852. The van der Waals surface area contributed by atoms with Gasteiger partial charge in [-0.1, -0.05) is 65.3 Å². The van der Waals surface area contributed by atoms with Crippen molar-refractivity contribution in [2.75, 3.05) is 5.32 Å². The zero-order valence-electron chi connectivity index (χ0n) is 13.2. The van der Waals surface area contributed by atoms with Gasteiger partial charge in [-0.2, -0.15) is 0 Å². The monoisotopic (exact) mass is 408 g/mol. The van der Waals surface area contributed by atoms with Gasteiger partial charge in [0.05, 0.1) is 0 Å². The molecule has 0 fully saturated rings. The molecular weight excluding hydrogens is 395 g/mol. The highest BCUT2D eigenvalue weighted by Gasteiger charge is 2.23. The van der Waals surface area contributed by atoms with Crippen molar-refractivity contribution in [3.05, 3.63) is 75.2 Å². The van der Waals surface area contributed by atoms with Gasteiger partial charge >= 0.3 is 0 Å². The van der Waals surface area contributed by atoms with E-state index in [4.69, 9.17) is 23.2 Å². The number of rotatable bonds is 5. The molecule has 3 nitrogen and oxygen atoms in total. The first-order valence-electron chi connectivity index (χ1n) is 7.42. The molecule has 0 saturated heterocycles. The quantitative estimate of drug-likeness (QED) is 0.508. The number of anilines is 1. The van der Waals surface area contributed by atoms with E-state index in [0.29, 0.717) is 15.7 Å². The lowest BCUT2D eigenvalue weighted by molar-refractivity contribution is -0.115. The molecule has 1 amide bonds. The van der Waals surface area contributed by atoms with E-state index < -0.39 is 5.25 Å². The van der Waals surface area contributed by atoms with Gasteiger partial charge in [-0.3, -0.25) is 4.79 Å². The van der Waals surface area contributed by atoms with Crippen molar-refractivity contribution in [1.82, 2.24) is 4.98 Å². The maximum Gasteiger partial charge on any atom is 0.242 e. The number of thiazole rings is 1. The third kappa shape index (κ3) is 4.98. The Labute approximate surface area is 164 Å². The smallest absolute Gasteiger partial charge is 0.242 e. The van der Waals surface area contributed by atoms with Crippen LogP contribution in [-0.4, -0.2) is 10.9 Å². The molecule has 1 heterocycles. The number of halogens is 2. The summed E-state index contributed by atoms with van der Waals surface area (Å²) in [6.07, 6.45) is 0. The number of thioether (sulfide) groups is 1. The molecule has 3 rings (SSSR count). The molecule has 1 atom stereocenters. The highest BCUT2D eigenvalue weighted by atomic mass is 35.5. The Bertz CT molecular complexity index is 864. The van der Waals surface area contributed by atoms with Crippen LogP contribution in [-0.2, 0) is 4.79 Å². The molecule has 0 bridgehead atoms. The van der Waals surface area contributed by atoms with E-state index in [1.54, 1.807) is 18.2 Å². The number of amides is 1. The summed E-state index contributed by atoms with van der Waals surface area (Å²) in [5, 5.41) is 5.39. The zero-order valence-corrected chi connectivity index (χ0v) is 16.3. The third-order valence-electron chi connectivity index (χ3n) is 3.29. The summed E-state index contributed by atoms with van der Waals surface area (Å²) in [6.45, 7) is 1.94. The van der Waals surface area contributed by atoms with Gasteiger partial charge in [0.2, 0.25) is 5.91 Å². The first-order chi connectivity index (χ1) is 12.0. The number of nitrogens with zero attached hydrogens (tertiary/aromatic N) is 1. The van der Waals surface area contributed by atoms with Crippen molar-refractivity contribution < 1.29 is 4.79 Å². The predicted octanol–water partition coefficient (Wildman–Crippen LogP) is 6.23. The summed E-state index contributed by atoms with van der Waals surface area (Å²) in [4.78, 5) is 17.4. The van der Waals surface area contributed by atoms with Gasteiger partial charge in [0.25, 0.3) is 0 Å². The molecule has 25 heavy (non-hydrogen) atoms. The van der Waals surface area contributed by atoms with E-state index in [-0.39, 0.29) is 5.91 Å². The second-order valence-electron chi connectivity index (χ2n) is 5.31. The topological polar surface area (TPSA) is 42.0 Å². The second-order valence-corrected chi connectivity index (χ2v) is 8.39. The lowest BCUT2D eigenvalue weighted by Gasteiger charge is -2.16. The first kappa shape index (κ1) is 18.3. The molecule has 1 N–H and O–H groups in total. The largest absolute Gasteiger partial charge is 0.325 e. The minimum absolute atomic E-state index is 0.151. The number of nitrogens with one attached hydrogen (secondary N) is 1. The maximum absolute atomic E-state index is 12.9. The van der Waals surface area contributed by atoms with Crippen molar-refractivity contribution in [2.24, 2.45) is 0 Å². The summed E-state index contributed by atoms with van der Waals surface area (Å²) >= 11 is 15.0. The first-order valence-corrected chi connectivity index (χ1v) is 9.93. The van der Waals surface area contributed by atoms with Gasteiger partial charge in [-0.15, -0.1) is 11.3 Å². The lowest BCUT2D eigenvalue weighted by atomic mass is 10.1. The van der Waals surface area contributed by atoms with Crippen LogP contribution in [0.1, 0.15) is 16.5 Å². The van der Waals surface area contributed by atoms with Crippen molar-refractivity contribution in [3.8, 4) is 0 Å². The van der Waals surface area contributed by atoms with E-state index >= 15 is 0 Å². The molecule has 0 spiro atoms. The fraction of sp³-hybridized carbons (Fsp3) is 0.111.